The first-order valence-corrected chi connectivity index (χ1v) is 9.39. The Morgan fingerprint density at radius 1 is 1.19 bits per heavy atom. The summed E-state index contributed by atoms with van der Waals surface area (Å²) in [5.41, 5.74) is 2.10. The number of nitrogens with zero attached hydrogens (tertiary/aromatic N) is 1. The molecule has 0 aliphatic rings. The maximum absolute atomic E-state index is 12.1. The number of rotatable bonds is 8. The fraction of sp³-hybridized carbons (Fsp3) is 0.263. The van der Waals surface area contributed by atoms with Gasteiger partial charge in [-0.3, -0.25) is 19.7 Å². The van der Waals surface area contributed by atoms with E-state index in [-0.39, 0.29) is 17.1 Å². The van der Waals surface area contributed by atoms with Gasteiger partial charge < -0.3 is 10.1 Å². The largest absolute Gasteiger partial charge is 0.452 e. The number of hydrogen-bond donors (Lipinski definition) is 1. The van der Waals surface area contributed by atoms with E-state index < -0.39 is 22.9 Å². The predicted octanol–water partition coefficient (Wildman–Crippen LogP) is 3.71. The van der Waals surface area contributed by atoms with Crippen LogP contribution in [0, 0.1) is 17.0 Å². The molecule has 0 radical (unpaired) electrons. The van der Waals surface area contributed by atoms with Gasteiger partial charge in [0.05, 0.1) is 10.7 Å². The average molecular weight is 388 g/mol. The zero-order chi connectivity index (χ0) is 19.8. The molecule has 0 aromatic heterocycles. The number of aryl methyl sites for hydroxylation is 1. The molecule has 2 aromatic rings. The number of nitro groups is 1. The molecule has 1 atom stereocenters. The second kappa shape index (κ2) is 9.72. The molecule has 7 nitrogen and oxygen atoms in total. The molecule has 2 rings (SSSR count). The minimum Gasteiger partial charge on any atom is -0.452 e. The molecule has 0 unspecified atom stereocenters. The van der Waals surface area contributed by atoms with Gasteiger partial charge in [0.25, 0.3) is 11.6 Å². The van der Waals surface area contributed by atoms with E-state index in [1.54, 1.807) is 6.07 Å². The molecule has 142 valence electrons. The lowest BCUT2D eigenvalue weighted by Crippen LogP contribution is -2.30. The van der Waals surface area contributed by atoms with E-state index in [0.717, 1.165) is 5.56 Å². The van der Waals surface area contributed by atoms with Crippen LogP contribution in [0.25, 0.3) is 0 Å². The van der Waals surface area contributed by atoms with Crippen molar-refractivity contribution in [1.29, 1.82) is 0 Å². The van der Waals surface area contributed by atoms with Crippen molar-refractivity contribution in [2.45, 2.75) is 25.7 Å². The summed E-state index contributed by atoms with van der Waals surface area (Å²) in [6.07, 6.45) is -1.06. The van der Waals surface area contributed by atoms with Crippen molar-refractivity contribution in [3.63, 3.8) is 0 Å². The number of ether oxygens (including phenoxy) is 1. The van der Waals surface area contributed by atoms with E-state index in [9.17, 15) is 19.7 Å². The summed E-state index contributed by atoms with van der Waals surface area (Å²) in [6, 6.07) is 13.8. The van der Waals surface area contributed by atoms with Gasteiger partial charge in [-0.2, -0.15) is 0 Å². The van der Waals surface area contributed by atoms with Crippen molar-refractivity contribution in [2.75, 3.05) is 11.1 Å². The Morgan fingerprint density at radius 3 is 2.52 bits per heavy atom. The lowest BCUT2D eigenvalue weighted by Gasteiger charge is -2.13. The van der Waals surface area contributed by atoms with Crippen LogP contribution in [0.4, 0.5) is 11.4 Å². The van der Waals surface area contributed by atoms with Gasteiger partial charge in [-0.05, 0) is 25.5 Å². The van der Waals surface area contributed by atoms with Gasteiger partial charge in [0.15, 0.2) is 6.10 Å². The van der Waals surface area contributed by atoms with Crippen LogP contribution in [0.3, 0.4) is 0 Å². The number of nitro benzene ring substituents is 1. The number of carbonyl (C=O) groups is 2. The van der Waals surface area contributed by atoms with Crippen LogP contribution in [0.2, 0.25) is 0 Å². The first-order chi connectivity index (χ1) is 12.9. The molecule has 0 aliphatic carbocycles. The average Bonchev–Trinajstić information content (AvgIpc) is 2.63. The Morgan fingerprint density at radius 2 is 1.85 bits per heavy atom. The molecule has 0 saturated heterocycles. The molecular weight excluding hydrogens is 368 g/mol. The van der Waals surface area contributed by atoms with Crippen LogP contribution < -0.4 is 5.32 Å². The summed E-state index contributed by atoms with van der Waals surface area (Å²) in [4.78, 5) is 34.4. The Hall–Kier alpha value is -2.87. The fourth-order valence-electron chi connectivity index (χ4n) is 2.19. The number of carbonyl (C=O) groups excluding carboxylic acids is 2. The monoisotopic (exact) mass is 388 g/mol. The summed E-state index contributed by atoms with van der Waals surface area (Å²) in [5, 5.41) is 13.4. The highest BCUT2D eigenvalue weighted by Crippen LogP contribution is 2.23. The number of para-hydroxylation sites is 2. The van der Waals surface area contributed by atoms with Crippen LogP contribution in [0.15, 0.2) is 48.5 Å². The van der Waals surface area contributed by atoms with Crippen LogP contribution in [-0.4, -0.2) is 28.7 Å². The van der Waals surface area contributed by atoms with E-state index in [1.165, 1.54) is 42.4 Å². The number of thioether (sulfide) groups is 1. The molecule has 0 fully saturated rings. The van der Waals surface area contributed by atoms with E-state index in [0.29, 0.717) is 5.75 Å². The number of anilines is 1. The Bertz CT molecular complexity index is 823. The topological polar surface area (TPSA) is 98.5 Å². The lowest BCUT2D eigenvalue weighted by molar-refractivity contribution is -0.383. The third-order valence-electron chi connectivity index (χ3n) is 3.65. The normalized spacial score (nSPS) is 11.5. The Kier molecular flexibility index (Phi) is 7.36. The van der Waals surface area contributed by atoms with Gasteiger partial charge in [0.1, 0.15) is 5.69 Å². The molecule has 0 bridgehead atoms. The molecule has 8 heteroatoms. The summed E-state index contributed by atoms with van der Waals surface area (Å²) in [5.74, 6) is -0.373. The molecule has 0 saturated carbocycles. The molecule has 0 heterocycles. The summed E-state index contributed by atoms with van der Waals surface area (Å²) >= 11 is 1.39. The number of esters is 1. The van der Waals surface area contributed by atoms with Gasteiger partial charge in [-0.15, -0.1) is 11.8 Å². The van der Waals surface area contributed by atoms with E-state index in [1.807, 2.05) is 31.2 Å². The number of benzene rings is 2. The quantitative estimate of drug-likeness (QED) is 0.420. The zero-order valence-electron chi connectivity index (χ0n) is 15.0. The molecule has 1 amide bonds. The highest BCUT2D eigenvalue weighted by Gasteiger charge is 2.21. The molecular formula is C19H20N2O5S. The first-order valence-electron chi connectivity index (χ1n) is 8.24. The number of nitrogens with one attached hydrogen (secondary N) is 1. The minimum absolute atomic E-state index is 0.0594. The first kappa shape index (κ1) is 20.4. The molecule has 0 aliphatic heterocycles. The second-order valence-corrected chi connectivity index (χ2v) is 6.86. The van der Waals surface area contributed by atoms with Gasteiger partial charge in [-0.1, -0.05) is 42.0 Å². The third kappa shape index (κ3) is 6.41. The third-order valence-corrected chi connectivity index (χ3v) is 4.62. The Labute approximate surface area is 161 Å². The Balaban J connectivity index is 1.80. The standard InChI is InChI=1S/C19H20N2O5S/c1-13-7-9-15(10-8-13)11-27-12-18(22)26-14(2)19(23)20-16-5-3-4-6-17(16)21(24)25/h3-10,14H,11-12H2,1-2H3,(H,20,23)/t14-/m0/s1. The summed E-state index contributed by atoms with van der Waals surface area (Å²) < 4.78 is 5.10. The van der Waals surface area contributed by atoms with Crippen molar-refractivity contribution >= 4 is 35.0 Å². The zero-order valence-corrected chi connectivity index (χ0v) is 15.8. The van der Waals surface area contributed by atoms with Crippen molar-refractivity contribution in [3.8, 4) is 0 Å². The summed E-state index contributed by atoms with van der Waals surface area (Å²) in [7, 11) is 0. The summed E-state index contributed by atoms with van der Waals surface area (Å²) in [6.45, 7) is 3.43. The number of hydrogen-bond acceptors (Lipinski definition) is 6. The van der Waals surface area contributed by atoms with Gasteiger partial charge in [0.2, 0.25) is 0 Å². The molecule has 0 spiro atoms. The van der Waals surface area contributed by atoms with Crippen LogP contribution >= 0.6 is 11.8 Å². The minimum atomic E-state index is -1.06. The van der Waals surface area contributed by atoms with E-state index in [2.05, 4.69) is 5.32 Å². The second-order valence-electron chi connectivity index (χ2n) is 5.87. The van der Waals surface area contributed by atoms with Gasteiger partial charge >= 0.3 is 5.97 Å². The lowest BCUT2D eigenvalue weighted by atomic mass is 10.2. The fourth-order valence-corrected chi connectivity index (χ4v) is 2.96. The van der Waals surface area contributed by atoms with Crippen molar-refractivity contribution in [2.24, 2.45) is 0 Å². The van der Waals surface area contributed by atoms with Crippen LogP contribution in [0.5, 0.6) is 0 Å². The number of amides is 1. The maximum Gasteiger partial charge on any atom is 0.316 e. The highest BCUT2D eigenvalue weighted by molar-refractivity contribution is 7.99. The van der Waals surface area contributed by atoms with Gasteiger partial charge in [-0.25, -0.2) is 0 Å². The van der Waals surface area contributed by atoms with E-state index in [4.69, 9.17) is 4.74 Å². The molecule has 1 N–H and O–H groups in total. The molecule has 27 heavy (non-hydrogen) atoms. The van der Waals surface area contributed by atoms with Crippen molar-refractivity contribution in [3.05, 3.63) is 69.8 Å². The van der Waals surface area contributed by atoms with Crippen LogP contribution in [-0.2, 0) is 20.1 Å². The maximum atomic E-state index is 12.1. The van der Waals surface area contributed by atoms with E-state index >= 15 is 0 Å². The van der Waals surface area contributed by atoms with Crippen molar-refractivity contribution < 1.29 is 19.2 Å². The van der Waals surface area contributed by atoms with Crippen LogP contribution in [0.1, 0.15) is 18.1 Å². The SMILES string of the molecule is Cc1ccc(CSCC(=O)O[C@@H](C)C(=O)Nc2ccccc2[N+](=O)[O-])cc1. The molecule has 2 aromatic carbocycles. The predicted molar refractivity (Wildman–Crippen MR) is 105 cm³/mol. The van der Waals surface area contributed by atoms with Gasteiger partial charge in [0, 0.05) is 11.8 Å². The smallest absolute Gasteiger partial charge is 0.316 e. The highest BCUT2D eigenvalue weighted by atomic mass is 32.2. The van der Waals surface area contributed by atoms with Crippen molar-refractivity contribution in [1.82, 2.24) is 0 Å².